The van der Waals surface area contributed by atoms with Gasteiger partial charge in [-0.3, -0.25) is 0 Å². The molecule has 0 amide bonds. The third-order valence-electron chi connectivity index (χ3n) is 4.67. The number of nitrogens with zero attached hydrogens (tertiary/aromatic N) is 1. The zero-order valence-electron chi connectivity index (χ0n) is 13.9. The maximum Gasteiger partial charge on any atom is 0.124 e. The summed E-state index contributed by atoms with van der Waals surface area (Å²) in [6, 6.07) is 14.0. The number of halogens is 1. The normalized spacial score (nSPS) is 15.3. The van der Waals surface area contributed by atoms with Crippen LogP contribution in [-0.4, -0.2) is 26.5 Å². The van der Waals surface area contributed by atoms with Gasteiger partial charge in [0, 0.05) is 47.8 Å². The van der Waals surface area contributed by atoms with Crippen molar-refractivity contribution in [2.24, 2.45) is 0 Å². The van der Waals surface area contributed by atoms with E-state index in [9.17, 15) is 4.79 Å². The zero-order valence-corrected chi connectivity index (χ0v) is 14.6. The van der Waals surface area contributed by atoms with Crippen molar-refractivity contribution in [2.75, 3.05) is 25.1 Å². The summed E-state index contributed by atoms with van der Waals surface area (Å²) in [4.78, 5) is 13.6. The van der Waals surface area contributed by atoms with Crippen LogP contribution in [0, 0.1) is 0 Å². The van der Waals surface area contributed by atoms with E-state index in [1.807, 2.05) is 24.3 Å². The third-order valence-corrected chi connectivity index (χ3v) is 4.92. The molecule has 1 aliphatic rings. The Morgan fingerprint density at radius 3 is 2.50 bits per heavy atom. The van der Waals surface area contributed by atoms with Gasteiger partial charge < -0.3 is 14.4 Å². The van der Waals surface area contributed by atoms with Gasteiger partial charge in [0.25, 0.3) is 0 Å². The van der Waals surface area contributed by atoms with E-state index >= 15 is 0 Å². The van der Waals surface area contributed by atoms with Gasteiger partial charge in [0.2, 0.25) is 0 Å². The second-order valence-electron chi connectivity index (χ2n) is 6.13. The van der Waals surface area contributed by atoms with E-state index in [2.05, 4.69) is 23.1 Å². The van der Waals surface area contributed by atoms with Crippen LogP contribution in [0.25, 0.3) is 0 Å². The molecule has 0 bridgehead atoms. The Balaban J connectivity index is 1.97. The molecule has 126 valence electrons. The Bertz CT molecular complexity index is 693. The fourth-order valence-corrected chi connectivity index (χ4v) is 3.52. The molecule has 3 rings (SSSR count). The molecule has 1 fully saturated rings. The Hall–Kier alpha value is -2.00. The number of methoxy groups -OCH3 is 1. The summed E-state index contributed by atoms with van der Waals surface area (Å²) in [5, 5.41) is 0.694. The molecule has 0 aromatic heterocycles. The van der Waals surface area contributed by atoms with Gasteiger partial charge in [-0.15, -0.1) is 0 Å². The first kappa shape index (κ1) is 16.8. The highest BCUT2D eigenvalue weighted by atomic mass is 35.5. The molecular weight excluding hydrogens is 322 g/mol. The lowest BCUT2D eigenvalue weighted by molar-refractivity contribution is -0.108. The van der Waals surface area contributed by atoms with E-state index < -0.39 is 0 Å². The van der Waals surface area contributed by atoms with E-state index in [0.29, 0.717) is 11.4 Å². The van der Waals surface area contributed by atoms with Gasteiger partial charge in [0.05, 0.1) is 7.11 Å². The van der Waals surface area contributed by atoms with Gasteiger partial charge in [0.15, 0.2) is 0 Å². The summed E-state index contributed by atoms with van der Waals surface area (Å²) in [5.74, 6) is 0.809. The smallest absolute Gasteiger partial charge is 0.124 e. The predicted octanol–water partition coefficient (Wildman–Crippen LogP) is 4.67. The Labute approximate surface area is 148 Å². The minimum absolute atomic E-state index is 0.0256. The minimum Gasteiger partial charge on any atom is -0.496 e. The Morgan fingerprint density at radius 1 is 1.17 bits per heavy atom. The fraction of sp³-hybridized carbons (Fsp3) is 0.350. The molecule has 1 aliphatic heterocycles. The van der Waals surface area contributed by atoms with Crippen LogP contribution in [0.4, 0.5) is 5.69 Å². The van der Waals surface area contributed by atoms with Crippen molar-refractivity contribution in [2.45, 2.75) is 25.2 Å². The van der Waals surface area contributed by atoms with E-state index in [4.69, 9.17) is 16.3 Å². The molecule has 4 heteroatoms. The molecule has 1 saturated heterocycles. The van der Waals surface area contributed by atoms with Gasteiger partial charge >= 0.3 is 0 Å². The first-order valence-corrected chi connectivity index (χ1v) is 8.72. The first-order valence-electron chi connectivity index (χ1n) is 8.35. The van der Waals surface area contributed by atoms with Gasteiger partial charge in [-0.05, 0) is 36.6 Å². The van der Waals surface area contributed by atoms with Gasteiger partial charge in [0.1, 0.15) is 12.0 Å². The molecule has 3 nitrogen and oxygen atoms in total. The van der Waals surface area contributed by atoms with Crippen molar-refractivity contribution >= 4 is 23.6 Å². The average Bonchev–Trinajstić information content (AvgIpc) is 3.15. The van der Waals surface area contributed by atoms with Crippen LogP contribution in [0.15, 0.2) is 42.5 Å². The molecular formula is C20H22ClNO2. The van der Waals surface area contributed by atoms with Crippen molar-refractivity contribution in [3.8, 4) is 5.75 Å². The highest BCUT2D eigenvalue weighted by molar-refractivity contribution is 6.30. The maximum atomic E-state index is 11.2. The zero-order chi connectivity index (χ0) is 16.9. The largest absolute Gasteiger partial charge is 0.496 e. The molecule has 1 heterocycles. The van der Waals surface area contributed by atoms with Crippen molar-refractivity contribution in [1.29, 1.82) is 0 Å². The molecule has 0 saturated carbocycles. The minimum atomic E-state index is -0.0256. The second kappa shape index (κ2) is 7.71. The van der Waals surface area contributed by atoms with E-state index in [1.165, 1.54) is 18.5 Å². The van der Waals surface area contributed by atoms with Crippen molar-refractivity contribution < 1.29 is 9.53 Å². The lowest BCUT2D eigenvalue weighted by Crippen LogP contribution is -2.17. The number of aldehydes is 1. The van der Waals surface area contributed by atoms with Crippen LogP contribution in [0.1, 0.15) is 36.3 Å². The molecule has 2 aromatic carbocycles. The van der Waals surface area contributed by atoms with Gasteiger partial charge in [-0.2, -0.15) is 0 Å². The predicted molar refractivity (Wildman–Crippen MR) is 98.4 cm³/mol. The number of ether oxygens (including phenoxy) is 1. The number of hydrogen-bond acceptors (Lipinski definition) is 3. The molecule has 0 radical (unpaired) electrons. The number of rotatable bonds is 6. The first-order chi connectivity index (χ1) is 11.7. The van der Waals surface area contributed by atoms with Crippen molar-refractivity contribution in [3.05, 3.63) is 58.6 Å². The summed E-state index contributed by atoms with van der Waals surface area (Å²) in [5.41, 5.74) is 3.29. The average molecular weight is 344 g/mol. The number of anilines is 1. The standard InChI is InChI=1S/C20H22ClNO2/c1-24-20-14-17(22-11-2-3-12-22)8-9-19(20)18(10-13-23)15-4-6-16(21)7-5-15/h4-9,13-14,18H,2-3,10-12H2,1H3/t18-/m0/s1. The number of hydrogen-bond donors (Lipinski definition) is 0. The highest BCUT2D eigenvalue weighted by Gasteiger charge is 2.20. The van der Waals surface area contributed by atoms with E-state index in [1.54, 1.807) is 7.11 Å². The topological polar surface area (TPSA) is 29.5 Å². The van der Waals surface area contributed by atoms with Crippen LogP contribution in [0.5, 0.6) is 5.75 Å². The quantitative estimate of drug-likeness (QED) is 0.714. The van der Waals surface area contributed by atoms with Gasteiger partial charge in [-0.25, -0.2) is 0 Å². The summed E-state index contributed by atoms with van der Waals surface area (Å²) in [7, 11) is 1.69. The number of benzene rings is 2. The van der Waals surface area contributed by atoms with E-state index in [0.717, 1.165) is 36.3 Å². The SMILES string of the molecule is COc1cc(N2CCCC2)ccc1[C@@H](CC=O)c1ccc(Cl)cc1. The van der Waals surface area contributed by atoms with Crippen LogP contribution in [0.3, 0.4) is 0 Å². The van der Waals surface area contributed by atoms with E-state index in [-0.39, 0.29) is 5.92 Å². The molecule has 0 N–H and O–H groups in total. The summed E-state index contributed by atoms with van der Waals surface area (Å²) in [6.45, 7) is 2.19. The maximum absolute atomic E-state index is 11.2. The summed E-state index contributed by atoms with van der Waals surface area (Å²) >= 11 is 5.99. The molecule has 24 heavy (non-hydrogen) atoms. The molecule has 0 aliphatic carbocycles. The lowest BCUT2D eigenvalue weighted by Gasteiger charge is -2.23. The summed E-state index contributed by atoms with van der Waals surface area (Å²) < 4.78 is 5.65. The van der Waals surface area contributed by atoms with Crippen LogP contribution in [-0.2, 0) is 4.79 Å². The second-order valence-corrected chi connectivity index (χ2v) is 6.56. The van der Waals surface area contributed by atoms with Crippen LogP contribution < -0.4 is 9.64 Å². The number of carbonyl (C=O) groups excluding carboxylic acids is 1. The van der Waals surface area contributed by atoms with Crippen LogP contribution in [0.2, 0.25) is 5.02 Å². The van der Waals surface area contributed by atoms with Crippen LogP contribution >= 0.6 is 11.6 Å². The summed E-state index contributed by atoms with van der Waals surface area (Å²) in [6.07, 6.45) is 3.86. The van der Waals surface area contributed by atoms with Crippen molar-refractivity contribution in [3.63, 3.8) is 0 Å². The van der Waals surface area contributed by atoms with Crippen molar-refractivity contribution in [1.82, 2.24) is 0 Å². The third kappa shape index (κ3) is 3.57. The van der Waals surface area contributed by atoms with Gasteiger partial charge in [-0.1, -0.05) is 29.8 Å². The monoisotopic (exact) mass is 343 g/mol. The lowest BCUT2D eigenvalue weighted by atomic mass is 9.88. The Kier molecular flexibility index (Phi) is 5.41. The Morgan fingerprint density at radius 2 is 1.88 bits per heavy atom. The molecule has 0 spiro atoms. The molecule has 1 atom stereocenters. The fourth-order valence-electron chi connectivity index (χ4n) is 3.39. The molecule has 2 aromatic rings. The number of carbonyl (C=O) groups is 1. The molecule has 0 unspecified atom stereocenters. The highest BCUT2D eigenvalue weighted by Crippen LogP contribution is 2.37.